The third-order valence-corrected chi connectivity index (χ3v) is 4.12. The van der Waals surface area contributed by atoms with Gasteiger partial charge in [0.1, 0.15) is 17.6 Å². The molecule has 0 fully saturated rings. The molecule has 1 aliphatic heterocycles. The van der Waals surface area contributed by atoms with Gasteiger partial charge in [-0.2, -0.15) is 0 Å². The van der Waals surface area contributed by atoms with Gasteiger partial charge in [-0.05, 0) is 32.9 Å². The summed E-state index contributed by atoms with van der Waals surface area (Å²) in [4.78, 5) is 11.4. The molecule has 2 rings (SSSR count). The lowest BCUT2D eigenvalue weighted by atomic mass is 10.1. The maximum atomic E-state index is 11.4. The summed E-state index contributed by atoms with van der Waals surface area (Å²) in [5, 5.41) is 0. The minimum absolute atomic E-state index is 0.175. The average molecular weight is 310 g/mol. The molecule has 0 amide bonds. The number of thioether (sulfide) groups is 1. The predicted octanol–water partition coefficient (Wildman–Crippen LogP) is 3.21. The molecule has 0 aromatic heterocycles. The number of ether oxygens (including phenoxy) is 3. The molecule has 1 aromatic carbocycles. The molecule has 1 aromatic rings. The molecular formula is C16H22O4S. The molecule has 4 nitrogen and oxygen atoms in total. The molecular weight excluding hydrogens is 288 g/mol. The van der Waals surface area contributed by atoms with Crippen LogP contribution in [0.1, 0.15) is 31.9 Å². The molecule has 1 unspecified atom stereocenters. The largest absolute Gasteiger partial charge is 0.494 e. The van der Waals surface area contributed by atoms with Crippen molar-refractivity contribution in [1.29, 1.82) is 0 Å². The number of benzene rings is 1. The van der Waals surface area contributed by atoms with E-state index in [0.29, 0.717) is 24.7 Å². The molecule has 0 saturated heterocycles. The van der Waals surface area contributed by atoms with Crippen LogP contribution in [0, 0.1) is 0 Å². The van der Waals surface area contributed by atoms with E-state index in [2.05, 4.69) is 13.0 Å². The molecule has 0 spiro atoms. The Morgan fingerprint density at radius 1 is 1.38 bits per heavy atom. The van der Waals surface area contributed by atoms with Crippen molar-refractivity contribution in [2.75, 3.05) is 19.0 Å². The molecule has 21 heavy (non-hydrogen) atoms. The van der Waals surface area contributed by atoms with Crippen LogP contribution in [0.25, 0.3) is 0 Å². The van der Waals surface area contributed by atoms with Gasteiger partial charge in [-0.15, -0.1) is 11.8 Å². The monoisotopic (exact) mass is 310 g/mol. The van der Waals surface area contributed by atoms with Gasteiger partial charge in [0.25, 0.3) is 0 Å². The minimum Gasteiger partial charge on any atom is -0.494 e. The van der Waals surface area contributed by atoms with Crippen LogP contribution in [0.4, 0.5) is 0 Å². The summed E-state index contributed by atoms with van der Waals surface area (Å²) in [5.41, 5.74) is 2.27. The molecule has 116 valence electrons. The van der Waals surface area contributed by atoms with Crippen LogP contribution >= 0.6 is 11.8 Å². The van der Waals surface area contributed by atoms with Crippen molar-refractivity contribution in [3.8, 4) is 11.5 Å². The Bertz CT molecular complexity index is 501. The quantitative estimate of drug-likeness (QED) is 0.724. The first-order valence-electron chi connectivity index (χ1n) is 7.32. The third kappa shape index (κ3) is 4.30. The highest BCUT2D eigenvalue weighted by Crippen LogP contribution is 2.36. The van der Waals surface area contributed by atoms with Gasteiger partial charge in [0.2, 0.25) is 0 Å². The smallest absolute Gasteiger partial charge is 0.315 e. The van der Waals surface area contributed by atoms with E-state index in [1.807, 2.05) is 19.9 Å². The normalized spacial score (nSPS) is 16.2. The van der Waals surface area contributed by atoms with Crippen molar-refractivity contribution in [2.45, 2.75) is 39.0 Å². The van der Waals surface area contributed by atoms with Crippen LogP contribution in [0.2, 0.25) is 0 Å². The number of hydrogen-bond acceptors (Lipinski definition) is 5. The van der Waals surface area contributed by atoms with E-state index >= 15 is 0 Å². The number of hydrogen-bond donors (Lipinski definition) is 0. The Hall–Kier alpha value is -1.36. The molecule has 0 bridgehead atoms. The first-order chi connectivity index (χ1) is 10.1. The summed E-state index contributed by atoms with van der Waals surface area (Å²) in [5.74, 6) is 2.72. The number of carbonyl (C=O) groups excluding carboxylic acids is 1. The second kappa shape index (κ2) is 7.59. The van der Waals surface area contributed by atoms with Crippen LogP contribution in [0.15, 0.2) is 12.1 Å². The van der Waals surface area contributed by atoms with E-state index in [0.717, 1.165) is 23.5 Å². The van der Waals surface area contributed by atoms with Crippen LogP contribution in [-0.4, -0.2) is 31.0 Å². The third-order valence-electron chi connectivity index (χ3n) is 3.16. The molecule has 0 radical (unpaired) electrons. The van der Waals surface area contributed by atoms with E-state index in [1.165, 1.54) is 17.3 Å². The summed E-state index contributed by atoms with van der Waals surface area (Å²) in [7, 11) is 0. The van der Waals surface area contributed by atoms with Crippen molar-refractivity contribution < 1.29 is 19.0 Å². The molecule has 5 heteroatoms. The van der Waals surface area contributed by atoms with Gasteiger partial charge in [-0.25, -0.2) is 0 Å². The molecule has 1 aliphatic rings. The number of carbonyl (C=O) groups is 1. The number of fused-ring (bicyclic) bond motifs is 1. The van der Waals surface area contributed by atoms with Crippen molar-refractivity contribution in [2.24, 2.45) is 0 Å². The SMILES string of the molecule is CCOC(=O)CSCc1cc2c(cc1OCC)CC(C)O2. The zero-order valence-corrected chi connectivity index (χ0v) is 13.6. The van der Waals surface area contributed by atoms with Crippen molar-refractivity contribution in [1.82, 2.24) is 0 Å². The molecule has 0 saturated carbocycles. The Morgan fingerprint density at radius 2 is 2.19 bits per heavy atom. The van der Waals surface area contributed by atoms with E-state index < -0.39 is 0 Å². The van der Waals surface area contributed by atoms with Gasteiger partial charge in [-0.3, -0.25) is 4.79 Å². The van der Waals surface area contributed by atoms with Gasteiger partial charge < -0.3 is 14.2 Å². The van der Waals surface area contributed by atoms with Crippen molar-refractivity contribution in [3.63, 3.8) is 0 Å². The molecule has 0 N–H and O–H groups in total. The Labute approximate surface area is 130 Å². The second-order valence-corrected chi connectivity index (χ2v) is 5.92. The number of rotatable bonds is 7. The minimum atomic E-state index is -0.175. The summed E-state index contributed by atoms with van der Waals surface area (Å²) < 4.78 is 16.4. The van der Waals surface area contributed by atoms with Gasteiger partial charge >= 0.3 is 5.97 Å². The maximum absolute atomic E-state index is 11.4. The summed E-state index contributed by atoms with van der Waals surface area (Å²) in [6.07, 6.45) is 1.14. The van der Waals surface area contributed by atoms with Crippen LogP contribution in [0.5, 0.6) is 11.5 Å². The van der Waals surface area contributed by atoms with Crippen LogP contribution in [-0.2, 0) is 21.7 Å². The van der Waals surface area contributed by atoms with Gasteiger partial charge in [0.15, 0.2) is 0 Å². The van der Waals surface area contributed by atoms with E-state index in [4.69, 9.17) is 14.2 Å². The topological polar surface area (TPSA) is 44.8 Å². The Balaban J connectivity index is 2.03. The lowest BCUT2D eigenvalue weighted by molar-refractivity contribution is -0.139. The first-order valence-corrected chi connectivity index (χ1v) is 8.48. The fourth-order valence-electron chi connectivity index (χ4n) is 2.33. The van der Waals surface area contributed by atoms with E-state index in [1.54, 1.807) is 0 Å². The zero-order chi connectivity index (χ0) is 15.2. The molecule has 0 aliphatic carbocycles. The summed E-state index contributed by atoms with van der Waals surface area (Å²) in [6.45, 7) is 6.91. The predicted molar refractivity (Wildman–Crippen MR) is 84.2 cm³/mol. The van der Waals surface area contributed by atoms with Crippen LogP contribution < -0.4 is 9.47 Å². The lowest BCUT2D eigenvalue weighted by Gasteiger charge is -2.12. The van der Waals surface area contributed by atoms with E-state index in [9.17, 15) is 4.79 Å². The zero-order valence-electron chi connectivity index (χ0n) is 12.8. The Kier molecular flexibility index (Phi) is 5.79. The van der Waals surface area contributed by atoms with Crippen molar-refractivity contribution in [3.05, 3.63) is 23.3 Å². The molecule has 1 heterocycles. The highest BCUT2D eigenvalue weighted by atomic mass is 32.2. The van der Waals surface area contributed by atoms with E-state index in [-0.39, 0.29) is 12.1 Å². The summed E-state index contributed by atoms with van der Waals surface area (Å²) in [6, 6.07) is 4.12. The average Bonchev–Trinajstić information content (AvgIpc) is 2.78. The highest BCUT2D eigenvalue weighted by Gasteiger charge is 2.21. The Morgan fingerprint density at radius 3 is 2.90 bits per heavy atom. The number of esters is 1. The van der Waals surface area contributed by atoms with Crippen LogP contribution in [0.3, 0.4) is 0 Å². The second-order valence-electron chi connectivity index (χ2n) is 4.93. The standard InChI is InChI=1S/C16H22O4S/c1-4-18-14-7-12-6-11(3)20-15(12)8-13(14)9-21-10-16(17)19-5-2/h7-8,11H,4-6,9-10H2,1-3H3. The lowest BCUT2D eigenvalue weighted by Crippen LogP contribution is -2.07. The summed E-state index contributed by atoms with van der Waals surface area (Å²) >= 11 is 1.53. The van der Waals surface area contributed by atoms with Gasteiger partial charge in [-0.1, -0.05) is 0 Å². The maximum Gasteiger partial charge on any atom is 0.315 e. The first kappa shape index (κ1) is 16.0. The highest BCUT2D eigenvalue weighted by molar-refractivity contribution is 7.99. The fourth-order valence-corrected chi connectivity index (χ4v) is 3.13. The molecule has 1 atom stereocenters. The van der Waals surface area contributed by atoms with Crippen molar-refractivity contribution >= 4 is 17.7 Å². The van der Waals surface area contributed by atoms with Gasteiger partial charge in [0, 0.05) is 23.3 Å². The fraction of sp³-hybridized carbons (Fsp3) is 0.562. The van der Waals surface area contributed by atoms with Gasteiger partial charge in [0.05, 0.1) is 19.0 Å².